The average molecular weight is 429 g/mol. The number of hydrogen-bond donors (Lipinski definition) is 2. The van der Waals surface area contributed by atoms with E-state index >= 15 is 0 Å². The summed E-state index contributed by atoms with van der Waals surface area (Å²) >= 11 is 7.39. The van der Waals surface area contributed by atoms with E-state index in [0.29, 0.717) is 45.1 Å². The molecule has 1 saturated heterocycles. The number of amides is 1. The third-order valence-electron chi connectivity index (χ3n) is 4.25. The van der Waals surface area contributed by atoms with Crippen LogP contribution in [0.3, 0.4) is 0 Å². The molecule has 0 aromatic heterocycles. The monoisotopic (exact) mass is 428 g/mol. The Balaban J connectivity index is 1.93. The van der Waals surface area contributed by atoms with Gasteiger partial charge in [-0.2, -0.15) is 0 Å². The Morgan fingerprint density at radius 1 is 1.38 bits per heavy atom. The van der Waals surface area contributed by atoms with E-state index in [-0.39, 0.29) is 11.7 Å². The highest BCUT2D eigenvalue weighted by Gasteiger charge is 2.24. The van der Waals surface area contributed by atoms with E-state index in [9.17, 15) is 9.90 Å². The molecule has 0 aliphatic carbocycles. The van der Waals surface area contributed by atoms with Crippen molar-refractivity contribution in [3.8, 4) is 11.5 Å². The van der Waals surface area contributed by atoms with E-state index in [1.807, 2.05) is 32.0 Å². The summed E-state index contributed by atoms with van der Waals surface area (Å²) in [7, 11) is 0. The van der Waals surface area contributed by atoms with Gasteiger partial charge in [-0.1, -0.05) is 23.7 Å². The Morgan fingerprint density at radius 3 is 2.90 bits per heavy atom. The van der Waals surface area contributed by atoms with Crippen LogP contribution >= 0.6 is 23.4 Å². The zero-order valence-corrected chi connectivity index (χ0v) is 17.7. The zero-order chi connectivity index (χ0) is 21.0. The third kappa shape index (κ3) is 4.83. The number of aromatic hydroxyl groups is 1. The number of nitrogens with one attached hydrogen (secondary N) is 1. The van der Waals surface area contributed by atoms with E-state index in [1.54, 1.807) is 24.3 Å². The van der Waals surface area contributed by atoms with Crippen molar-refractivity contribution in [3.05, 3.63) is 69.6 Å². The molecule has 0 bridgehead atoms. The fourth-order valence-corrected chi connectivity index (χ4v) is 3.81. The lowest BCUT2D eigenvalue weighted by Crippen LogP contribution is -2.19. The summed E-state index contributed by atoms with van der Waals surface area (Å²) < 4.78 is 5.52. The Morgan fingerprint density at radius 2 is 2.17 bits per heavy atom. The number of amidine groups is 1. The largest absolute Gasteiger partial charge is 0.504 e. The van der Waals surface area contributed by atoms with Crippen molar-refractivity contribution in [2.45, 2.75) is 20.3 Å². The summed E-state index contributed by atoms with van der Waals surface area (Å²) in [6, 6.07) is 8.99. The first-order valence-electron chi connectivity index (χ1n) is 9.07. The number of rotatable bonds is 6. The summed E-state index contributed by atoms with van der Waals surface area (Å²) in [5.41, 5.74) is 2.99. The molecule has 1 fully saturated rings. The van der Waals surface area contributed by atoms with Crippen LogP contribution < -0.4 is 10.1 Å². The molecular weight excluding hydrogens is 408 g/mol. The molecule has 1 amide bonds. The molecule has 2 aromatic rings. The number of benzene rings is 2. The van der Waals surface area contributed by atoms with E-state index in [0.717, 1.165) is 11.1 Å². The first-order chi connectivity index (χ1) is 13.9. The first kappa shape index (κ1) is 21.0. The number of phenolic OH excluding ortho intramolecular Hbond substituents is 1. The van der Waals surface area contributed by atoms with Crippen molar-refractivity contribution in [3.63, 3.8) is 0 Å². The second-order valence-electron chi connectivity index (χ2n) is 6.32. The molecule has 1 aliphatic rings. The lowest BCUT2D eigenvalue weighted by molar-refractivity contribution is -0.115. The van der Waals surface area contributed by atoms with Crippen LogP contribution in [-0.2, 0) is 11.2 Å². The van der Waals surface area contributed by atoms with Gasteiger partial charge in [-0.3, -0.25) is 4.79 Å². The van der Waals surface area contributed by atoms with Crippen LogP contribution in [-0.4, -0.2) is 22.8 Å². The van der Waals surface area contributed by atoms with Crippen LogP contribution in [0.2, 0.25) is 5.02 Å². The lowest BCUT2D eigenvalue weighted by Gasteiger charge is -2.11. The van der Waals surface area contributed by atoms with Gasteiger partial charge >= 0.3 is 0 Å². The predicted molar refractivity (Wildman–Crippen MR) is 120 cm³/mol. The molecule has 5 nitrogen and oxygen atoms in total. The van der Waals surface area contributed by atoms with Gasteiger partial charge in [0.15, 0.2) is 16.7 Å². The molecular formula is C22H21ClN2O3S. The minimum absolute atomic E-state index is 0.0936. The minimum atomic E-state index is -0.232. The topological polar surface area (TPSA) is 70.9 Å². The summed E-state index contributed by atoms with van der Waals surface area (Å²) in [4.78, 5) is 17.4. The van der Waals surface area contributed by atoms with Gasteiger partial charge in [-0.25, -0.2) is 4.99 Å². The highest BCUT2D eigenvalue weighted by atomic mass is 35.5. The van der Waals surface area contributed by atoms with Gasteiger partial charge in [0, 0.05) is 10.6 Å². The SMILES string of the molecule is C=CCc1cc(/C=C2/SC(=Nc3cccc(Cl)c3C)NC2=O)cc(OCC)c1O. The van der Waals surface area contributed by atoms with Gasteiger partial charge in [0.25, 0.3) is 5.91 Å². The van der Waals surface area contributed by atoms with Crippen molar-refractivity contribution >= 4 is 46.2 Å². The van der Waals surface area contributed by atoms with E-state index in [4.69, 9.17) is 16.3 Å². The summed E-state index contributed by atoms with van der Waals surface area (Å²) in [5, 5.41) is 14.2. The number of halogens is 1. The van der Waals surface area contributed by atoms with Crippen molar-refractivity contribution in [1.82, 2.24) is 5.32 Å². The number of carbonyl (C=O) groups is 1. The number of carbonyl (C=O) groups excluding carboxylic acids is 1. The highest BCUT2D eigenvalue weighted by Crippen LogP contribution is 2.35. The van der Waals surface area contributed by atoms with Crippen LogP contribution in [0.1, 0.15) is 23.6 Å². The summed E-state index contributed by atoms with van der Waals surface area (Å²) in [5.74, 6) is 0.242. The number of aliphatic imine (C=N–C) groups is 1. The molecule has 0 saturated carbocycles. The Hall–Kier alpha value is -2.70. The lowest BCUT2D eigenvalue weighted by atomic mass is 10.1. The maximum absolute atomic E-state index is 12.4. The molecule has 0 radical (unpaired) electrons. The normalized spacial score (nSPS) is 16.3. The van der Waals surface area contributed by atoms with Gasteiger partial charge in [0.2, 0.25) is 0 Å². The third-order valence-corrected chi connectivity index (χ3v) is 5.57. The van der Waals surface area contributed by atoms with Crippen LogP contribution in [0.4, 0.5) is 5.69 Å². The predicted octanol–water partition coefficient (Wildman–Crippen LogP) is 5.37. The molecule has 2 aromatic carbocycles. The quantitative estimate of drug-likeness (QED) is 0.479. The van der Waals surface area contributed by atoms with Crippen LogP contribution in [0.15, 0.2) is 52.9 Å². The minimum Gasteiger partial charge on any atom is -0.504 e. The van der Waals surface area contributed by atoms with E-state index in [1.165, 1.54) is 11.8 Å². The number of phenols is 1. The molecule has 0 unspecified atom stereocenters. The maximum Gasteiger partial charge on any atom is 0.264 e. The van der Waals surface area contributed by atoms with Crippen molar-refractivity contribution in [2.75, 3.05) is 6.61 Å². The molecule has 1 aliphatic heterocycles. The molecule has 3 rings (SSSR count). The number of allylic oxidation sites excluding steroid dienone is 1. The first-order valence-corrected chi connectivity index (χ1v) is 10.3. The molecule has 2 N–H and O–H groups in total. The fourth-order valence-electron chi connectivity index (χ4n) is 2.81. The van der Waals surface area contributed by atoms with Gasteiger partial charge in [0.05, 0.1) is 17.2 Å². The molecule has 0 atom stereocenters. The number of nitrogens with zero attached hydrogens (tertiary/aromatic N) is 1. The number of ether oxygens (including phenoxy) is 1. The zero-order valence-electron chi connectivity index (χ0n) is 16.2. The number of thioether (sulfide) groups is 1. The van der Waals surface area contributed by atoms with Crippen molar-refractivity contribution in [1.29, 1.82) is 0 Å². The fraction of sp³-hybridized carbons (Fsp3) is 0.182. The second-order valence-corrected chi connectivity index (χ2v) is 7.76. The van der Waals surface area contributed by atoms with Gasteiger partial charge in [-0.05, 0) is 73.5 Å². The van der Waals surface area contributed by atoms with Crippen LogP contribution in [0.5, 0.6) is 11.5 Å². The molecule has 1 heterocycles. The molecule has 29 heavy (non-hydrogen) atoms. The molecule has 150 valence electrons. The Labute approximate surface area is 179 Å². The summed E-state index contributed by atoms with van der Waals surface area (Å²) in [6.07, 6.45) is 3.95. The molecule has 7 heteroatoms. The molecule has 0 spiro atoms. The maximum atomic E-state index is 12.4. The smallest absolute Gasteiger partial charge is 0.264 e. The Kier molecular flexibility index (Phi) is 6.67. The standard InChI is InChI=1S/C22H21ClN2O3S/c1-4-7-15-10-14(11-18(20(15)26)28-5-2)12-19-21(27)25-22(29-19)24-17-9-6-8-16(23)13(17)3/h4,6,8-12,26H,1,5,7H2,2-3H3,(H,24,25,27)/b19-12+. The van der Waals surface area contributed by atoms with Gasteiger partial charge < -0.3 is 15.2 Å². The van der Waals surface area contributed by atoms with Crippen molar-refractivity contribution in [2.24, 2.45) is 4.99 Å². The van der Waals surface area contributed by atoms with Crippen LogP contribution in [0.25, 0.3) is 6.08 Å². The average Bonchev–Trinajstić information content (AvgIpc) is 3.02. The van der Waals surface area contributed by atoms with E-state index < -0.39 is 0 Å². The van der Waals surface area contributed by atoms with Crippen molar-refractivity contribution < 1.29 is 14.6 Å². The Bertz CT molecular complexity index is 1030. The summed E-state index contributed by atoms with van der Waals surface area (Å²) in [6.45, 7) is 7.87. The van der Waals surface area contributed by atoms with Gasteiger partial charge in [0.1, 0.15) is 0 Å². The highest BCUT2D eigenvalue weighted by molar-refractivity contribution is 8.18. The van der Waals surface area contributed by atoms with Gasteiger partial charge in [-0.15, -0.1) is 6.58 Å². The van der Waals surface area contributed by atoms with E-state index in [2.05, 4.69) is 16.9 Å². The van der Waals surface area contributed by atoms with Crippen LogP contribution in [0, 0.1) is 6.92 Å². The number of hydrogen-bond acceptors (Lipinski definition) is 5. The second kappa shape index (κ2) is 9.20.